The first-order chi connectivity index (χ1) is 15.7. The van der Waals surface area contributed by atoms with Crippen molar-refractivity contribution in [3.8, 4) is 0 Å². The van der Waals surface area contributed by atoms with Crippen LogP contribution in [0.1, 0.15) is 92.4 Å². The molecular formula is C29H44O4. The number of hydrogen-bond donors (Lipinski definition) is 0. The third-order valence-corrected chi connectivity index (χ3v) is 11.7. The zero-order valence-electron chi connectivity index (χ0n) is 21.4. The van der Waals surface area contributed by atoms with Crippen molar-refractivity contribution in [2.24, 2.45) is 46.3 Å². The Hall–Kier alpha value is -0.870. The van der Waals surface area contributed by atoms with Crippen LogP contribution in [0.2, 0.25) is 0 Å². The predicted molar refractivity (Wildman–Crippen MR) is 127 cm³/mol. The fourth-order valence-corrected chi connectivity index (χ4v) is 9.98. The first-order valence-corrected chi connectivity index (χ1v) is 13.8. The minimum Gasteiger partial charge on any atom is -0.462 e. The van der Waals surface area contributed by atoms with Crippen LogP contribution in [-0.4, -0.2) is 30.6 Å². The molecule has 0 N–H and O–H groups in total. The van der Waals surface area contributed by atoms with E-state index in [2.05, 4.69) is 33.8 Å². The van der Waals surface area contributed by atoms with Crippen LogP contribution in [0.5, 0.6) is 0 Å². The van der Waals surface area contributed by atoms with Gasteiger partial charge in [0.1, 0.15) is 6.10 Å². The molecule has 184 valence electrons. The Morgan fingerprint density at radius 2 is 1.91 bits per heavy atom. The zero-order chi connectivity index (χ0) is 23.2. The molecule has 2 saturated heterocycles. The van der Waals surface area contributed by atoms with E-state index >= 15 is 0 Å². The number of ether oxygens (including phenoxy) is 3. The molecule has 0 amide bonds. The van der Waals surface area contributed by atoms with Crippen LogP contribution in [0.15, 0.2) is 11.6 Å². The quantitative estimate of drug-likeness (QED) is 0.344. The largest absolute Gasteiger partial charge is 0.462 e. The molecule has 5 fully saturated rings. The summed E-state index contributed by atoms with van der Waals surface area (Å²) in [5.41, 5.74) is 2.24. The highest BCUT2D eigenvalue weighted by atomic mass is 16.7. The number of esters is 1. The van der Waals surface area contributed by atoms with E-state index in [9.17, 15) is 4.79 Å². The molecule has 6 rings (SSSR count). The molecular weight excluding hydrogens is 412 g/mol. The molecule has 0 bridgehead atoms. The van der Waals surface area contributed by atoms with Gasteiger partial charge in [0.05, 0.1) is 12.7 Å². The summed E-state index contributed by atoms with van der Waals surface area (Å²) in [6, 6.07) is 0. The SMILES string of the molecule is CC(=O)O[C@@H]1CC[C@@]2(C)C(=CC[C@@H]3[C@H]2CC[C@]2(C)[C@@H]4[C@H](C[C@@H]32)O[C@]2(CC[C@@H](C)CO2)[C@H]4C)C1. The first kappa shape index (κ1) is 22.6. The van der Waals surface area contributed by atoms with Gasteiger partial charge in [-0.1, -0.05) is 39.3 Å². The normalized spacial score (nSPS) is 55.2. The van der Waals surface area contributed by atoms with Gasteiger partial charge in [-0.3, -0.25) is 4.79 Å². The van der Waals surface area contributed by atoms with Gasteiger partial charge in [-0.05, 0) is 85.4 Å². The van der Waals surface area contributed by atoms with Gasteiger partial charge in [0.2, 0.25) is 0 Å². The maximum absolute atomic E-state index is 11.5. The molecule has 11 atom stereocenters. The molecule has 33 heavy (non-hydrogen) atoms. The van der Waals surface area contributed by atoms with Crippen LogP contribution in [0.3, 0.4) is 0 Å². The fourth-order valence-electron chi connectivity index (χ4n) is 9.98. The molecule has 1 spiro atoms. The number of rotatable bonds is 1. The Balaban J connectivity index is 1.24. The van der Waals surface area contributed by atoms with E-state index in [-0.39, 0.29) is 23.3 Å². The van der Waals surface area contributed by atoms with E-state index in [1.165, 1.54) is 32.1 Å². The maximum Gasteiger partial charge on any atom is 0.302 e. The van der Waals surface area contributed by atoms with Crippen LogP contribution in [0, 0.1) is 46.3 Å². The average molecular weight is 457 g/mol. The second kappa shape index (κ2) is 7.56. The Labute approximate surface area is 200 Å². The lowest BCUT2D eigenvalue weighted by Gasteiger charge is -2.58. The molecule has 0 aromatic carbocycles. The molecule has 0 aromatic heterocycles. The summed E-state index contributed by atoms with van der Waals surface area (Å²) in [7, 11) is 0. The standard InChI is InChI=1S/C29H44O4/c1-17-8-13-29(31-16-17)18(2)26-25(33-29)15-24-22-7-6-20-14-21(32-19(3)30)9-11-27(20,4)23(22)10-12-28(24,26)5/h6,17-18,21-26H,7-16H2,1-5H3/t17-,18+,21-,22-,23-,24+,25+,26+,27+,28+,29-/m1/s1. The maximum atomic E-state index is 11.5. The molecule has 6 aliphatic rings. The first-order valence-electron chi connectivity index (χ1n) is 13.8. The van der Waals surface area contributed by atoms with Crippen molar-refractivity contribution in [3.63, 3.8) is 0 Å². The van der Waals surface area contributed by atoms with E-state index in [1.54, 1.807) is 12.5 Å². The second-order valence-electron chi connectivity index (χ2n) is 13.3. The number of hydrogen-bond acceptors (Lipinski definition) is 4. The number of allylic oxidation sites excluding steroid dienone is 1. The highest BCUT2D eigenvalue weighted by Gasteiger charge is 2.68. The van der Waals surface area contributed by atoms with E-state index in [0.29, 0.717) is 29.3 Å². The summed E-state index contributed by atoms with van der Waals surface area (Å²) in [6.07, 6.45) is 13.6. The molecule has 4 nitrogen and oxygen atoms in total. The molecule has 4 heteroatoms. The summed E-state index contributed by atoms with van der Waals surface area (Å²) in [4.78, 5) is 11.5. The van der Waals surface area contributed by atoms with Crippen LogP contribution in [-0.2, 0) is 19.0 Å². The second-order valence-corrected chi connectivity index (χ2v) is 13.3. The van der Waals surface area contributed by atoms with Crippen LogP contribution in [0.4, 0.5) is 0 Å². The van der Waals surface area contributed by atoms with E-state index in [4.69, 9.17) is 14.2 Å². The van der Waals surface area contributed by atoms with Crippen LogP contribution >= 0.6 is 0 Å². The number of carbonyl (C=O) groups excluding carboxylic acids is 1. The Morgan fingerprint density at radius 1 is 1.09 bits per heavy atom. The van der Waals surface area contributed by atoms with Crippen molar-refractivity contribution >= 4 is 5.97 Å². The van der Waals surface area contributed by atoms with Crippen LogP contribution in [0.25, 0.3) is 0 Å². The Kier molecular flexibility index (Phi) is 5.18. The lowest BCUT2D eigenvalue weighted by molar-refractivity contribution is -0.272. The van der Waals surface area contributed by atoms with Crippen molar-refractivity contribution in [3.05, 3.63) is 11.6 Å². The molecule has 0 radical (unpaired) electrons. The third-order valence-electron chi connectivity index (χ3n) is 11.7. The monoisotopic (exact) mass is 456 g/mol. The van der Waals surface area contributed by atoms with Crippen molar-refractivity contribution in [2.45, 2.75) is 110 Å². The van der Waals surface area contributed by atoms with Gasteiger partial charge >= 0.3 is 5.97 Å². The third kappa shape index (κ3) is 3.18. The van der Waals surface area contributed by atoms with Crippen molar-refractivity contribution in [1.29, 1.82) is 0 Å². The molecule has 4 aliphatic carbocycles. The van der Waals surface area contributed by atoms with Gasteiger partial charge in [0.15, 0.2) is 5.79 Å². The molecule has 2 heterocycles. The van der Waals surface area contributed by atoms with Gasteiger partial charge in [-0.25, -0.2) is 0 Å². The van der Waals surface area contributed by atoms with Gasteiger partial charge in [-0.2, -0.15) is 0 Å². The molecule has 0 unspecified atom stereocenters. The van der Waals surface area contributed by atoms with E-state index in [1.807, 2.05) is 0 Å². The minimum atomic E-state index is -0.312. The smallest absolute Gasteiger partial charge is 0.302 e. The van der Waals surface area contributed by atoms with E-state index < -0.39 is 0 Å². The lowest BCUT2D eigenvalue weighted by atomic mass is 9.47. The minimum absolute atomic E-state index is 0.0849. The van der Waals surface area contributed by atoms with Crippen molar-refractivity contribution in [1.82, 2.24) is 0 Å². The number of carbonyl (C=O) groups is 1. The average Bonchev–Trinajstić information content (AvgIpc) is 3.21. The zero-order valence-corrected chi connectivity index (χ0v) is 21.4. The molecule has 3 saturated carbocycles. The highest BCUT2D eigenvalue weighted by molar-refractivity contribution is 5.66. The highest BCUT2D eigenvalue weighted by Crippen LogP contribution is 2.70. The lowest BCUT2D eigenvalue weighted by Crippen LogP contribution is -2.52. The summed E-state index contributed by atoms with van der Waals surface area (Å²) < 4.78 is 19.0. The topological polar surface area (TPSA) is 44.8 Å². The fraction of sp³-hybridized carbons (Fsp3) is 0.897. The summed E-state index contributed by atoms with van der Waals surface area (Å²) in [6.45, 7) is 12.3. The summed E-state index contributed by atoms with van der Waals surface area (Å²) >= 11 is 0. The van der Waals surface area contributed by atoms with Crippen molar-refractivity contribution in [2.75, 3.05) is 6.61 Å². The summed E-state index contributed by atoms with van der Waals surface area (Å²) in [5.74, 6) is 3.64. The van der Waals surface area contributed by atoms with Gasteiger partial charge in [-0.15, -0.1) is 0 Å². The van der Waals surface area contributed by atoms with E-state index in [0.717, 1.165) is 50.0 Å². The number of fused-ring (bicyclic) bond motifs is 7. The van der Waals surface area contributed by atoms with Crippen LogP contribution < -0.4 is 0 Å². The molecule has 2 aliphatic heterocycles. The Bertz CT molecular complexity index is 841. The predicted octanol–water partition coefficient (Wildman–Crippen LogP) is 6.28. The van der Waals surface area contributed by atoms with Crippen molar-refractivity contribution < 1.29 is 19.0 Å². The van der Waals surface area contributed by atoms with Gasteiger partial charge < -0.3 is 14.2 Å². The van der Waals surface area contributed by atoms with Gasteiger partial charge in [0.25, 0.3) is 0 Å². The Morgan fingerprint density at radius 3 is 2.64 bits per heavy atom. The van der Waals surface area contributed by atoms with Gasteiger partial charge in [0, 0.05) is 25.7 Å². The molecule has 0 aromatic rings. The summed E-state index contributed by atoms with van der Waals surface area (Å²) in [5, 5.41) is 0.